The number of carbonyl (C=O) groups excluding carboxylic acids is 1. The lowest BCUT2D eigenvalue weighted by Crippen LogP contribution is -2.50. The minimum atomic E-state index is -0.344. The Kier molecular flexibility index (Phi) is 8.09. The Hall–Kier alpha value is -4.38. The van der Waals surface area contributed by atoms with E-state index in [0.29, 0.717) is 43.7 Å². The van der Waals surface area contributed by atoms with Crippen molar-refractivity contribution in [2.24, 2.45) is 0 Å². The van der Waals surface area contributed by atoms with Gasteiger partial charge in [-0.2, -0.15) is 5.10 Å². The van der Waals surface area contributed by atoms with Crippen molar-refractivity contribution in [3.05, 3.63) is 78.6 Å². The third kappa shape index (κ3) is 6.11. The first kappa shape index (κ1) is 27.8. The highest BCUT2D eigenvalue weighted by molar-refractivity contribution is 5.78. The number of piperazine rings is 1. The zero-order valence-electron chi connectivity index (χ0n) is 23.5. The van der Waals surface area contributed by atoms with Gasteiger partial charge in [0.25, 0.3) is 0 Å². The Labute approximate surface area is 243 Å². The van der Waals surface area contributed by atoms with E-state index in [0.717, 1.165) is 48.7 Å². The second-order valence-corrected chi connectivity index (χ2v) is 10.6. The Bertz CT molecular complexity index is 1510. The number of hydrogen-bond donors (Lipinski definition) is 0. The summed E-state index contributed by atoms with van der Waals surface area (Å²) in [7, 11) is 1.76. The van der Waals surface area contributed by atoms with Gasteiger partial charge in [-0.05, 0) is 67.4 Å². The fourth-order valence-electron chi connectivity index (χ4n) is 5.57. The van der Waals surface area contributed by atoms with Crippen LogP contribution in [0.1, 0.15) is 12.8 Å². The number of aromatic nitrogens is 4. The van der Waals surface area contributed by atoms with Crippen molar-refractivity contribution in [2.45, 2.75) is 25.5 Å². The van der Waals surface area contributed by atoms with Crippen LogP contribution in [0.4, 0.5) is 20.4 Å². The van der Waals surface area contributed by atoms with Crippen LogP contribution in [0.15, 0.2) is 67.0 Å². The third-order valence-electron chi connectivity index (χ3n) is 8.04. The number of amides is 1. The highest BCUT2D eigenvalue weighted by atomic mass is 19.1. The van der Waals surface area contributed by atoms with E-state index >= 15 is 0 Å². The number of halogens is 2. The number of benzene rings is 2. The molecule has 0 N–H and O–H groups in total. The quantitative estimate of drug-likeness (QED) is 0.327. The monoisotopic (exact) mass is 573 g/mol. The van der Waals surface area contributed by atoms with Gasteiger partial charge in [0.15, 0.2) is 0 Å². The highest BCUT2D eigenvalue weighted by Gasteiger charge is 2.25. The maximum absolute atomic E-state index is 13.6. The number of rotatable bonds is 7. The predicted molar refractivity (Wildman–Crippen MR) is 156 cm³/mol. The Balaban J connectivity index is 1.13. The summed E-state index contributed by atoms with van der Waals surface area (Å²) in [6.45, 7) is 4.23. The molecule has 0 spiro atoms. The number of nitrogens with zero attached hydrogens (tertiary/aromatic N) is 7. The molecule has 4 aromatic rings. The number of ether oxygens (including phenoxy) is 1. The van der Waals surface area contributed by atoms with Crippen molar-refractivity contribution in [2.75, 3.05) is 56.2 Å². The normalized spacial score (nSPS) is 16.2. The number of anilines is 2. The summed E-state index contributed by atoms with van der Waals surface area (Å²) in [5, 5.41) is 4.68. The van der Waals surface area contributed by atoms with Crippen LogP contribution in [0.3, 0.4) is 0 Å². The van der Waals surface area contributed by atoms with Crippen molar-refractivity contribution in [1.29, 1.82) is 0 Å². The second kappa shape index (κ2) is 12.2. The van der Waals surface area contributed by atoms with E-state index in [-0.39, 0.29) is 24.1 Å². The number of hydrogen-bond acceptors (Lipinski definition) is 7. The molecule has 2 aromatic carbocycles. The third-order valence-corrected chi connectivity index (χ3v) is 8.04. The summed E-state index contributed by atoms with van der Waals surface area (Å²) in [5.41, 5.74) is 2.76. The molecule has 0 radical (unpaired) electrons. The van der Waals surface area contributed by atoms with Crippen LogP contribution in [0.25, 0.3) is 22.5 Å². The first-order valence-electron chi connectivity index (χ1n) is 14.2. The van der Waals surface area contributed by atoms with Crippen LogP contribution in [0, 0.1) is 11.6 Å². The molecule has 2 aliphatic rings. The minimum Gasteiger partial charge on any atom is -0.381 e. The topological polar surface area (TPSA) is 79.6 Å². The zero-order chi connectivity index (χ0) is 29.1. The molecule has 0 unspecified atom stereocenters. The van der Waals surface area contributed by atoms with Gasteiger partial charge < -0.3 is 19.4 Å². The van der Waals surface area contributed by atoms with Gasteiger partial charge >= 0.3 is 0 Å². The molecule has 6 rings (SSSR count). The minimum absolute atomic E-state index is 0.0307. The van der Waals surface area contributed by atoms with Crippen LogP contribution in [-0.4, -0.2) is 83.0 Å². The summed E-state index contributed by atoms with van der Waals surface area (Å²) in [6.07, 6.45) is 3.86. The van der Waals surface area contributed by atoms with Crippen molar-refractivity contribution < 1.29 is 18.3 Å². The largest absolute Gasteiger partial charge is 0.381 e. The van der Waals surface area contributed by atoms with Crippen LogP contribution in [-0.2, 0) is 16.1 Å². The van der Waals surface area contributed by atoms with Crippen LogP contribution in [0.2, 0.25) is 0 Å². The van der Waals surface area contributed by atoms with Crippen molar-refractivity contribution in [1.82, 2.24) is 24.6 Å². The van der Waals surface area contributed by atoms with E-state index in [1.165, 1.54) is 24.3 Å². The molecule has 0 atom stereocenters. The molecule has 2 fully saturated rings. The lowest BCUT2D eigenvalue weighted by molar-refractivity contribution is -0.132. The maximum atomic E-state index is 13.6. The van der Waals surface area contributed by atoms with Gasteiger partial charge in [-0.3, -0.25) is 9.48 Å². The van der Waals surface area contributed by atoms with Crippen LogP contribution >= 0.6 is 0 Å². The van der Waals surface area contributed by atoms with Crippen molar-refractivity contribution >= 4 is 17.5 Å². The number of methoxy groups -OCH3 is 1. The zero-order valence-corrected chi connectivity index (χ0v) is 23.5. The first-order valence-corrected chi connectivity index (χ1v) is 14.2. The van der Waals surface area contributed by atoms with E-state index in [1.807, 2.05) is 17.0 Å². The number of carbonyl (C=O) groups is 1. The lowest BCUT2D eigenvalue weighted by Gasteiger charge is -2.36. The van der Waals surface area contributed by atoms with E-state index in [1.54, 1.807) is 42.4 Å². The van der Waals surface area contributed by atoms with E-state index in [2.05, 4.69) is 24.9 Å². The van der Waals surface area contributed by atoms with Gasteiger partial charge in [0.2, 0.25) is 5.91 Å². The molecule has 2 saturated heterocycles. The molecule has 11 heteroatoms. The van der Waals surface area contributed by atoms with Crippen molar-refractivity contribution in [3.8, 4) is 22.5 Å². The highest BCUT2D eigenvalue weighted by Crippen LogP contribution is 2.28. The number of piperidine rings is 1. The predicted octanol–water partition coefficient (Wildman–Crippen LogP) is 4.25. The molecule has 218 valence electrons. The fraction of sp³-hybridized carbons (Fsp3) is 0.355. The molecule has 2 aliphatic heterocycles. The smallest absolute Gasteiger partial charge is 0.244 e. The summed E-state index contributed by atoms with van der Waals surface area (Å²) in [4.78, 5) is 28.7. The molecule has 0 saturated carbocycles. The molecule has 9 nitrogen and oxygen atoms in total. The second-order valence-electron chi connectivity index (χ2n) is 10.6. The molecule has 0 aliphatic carbocycles. The average molecular weight is 574 g/mol. The molecule has 1 amide bonds. The van der Waals surface area contributed by atoms with Gasteiger partial charge in [0.05, 0.1) is 17.5 Å². The summed E-state index contributed by atoms with van der Waals surface area (Å²) < 4.78 is 34.3. The summed E-state index contributed by atoms with van der Waals surface area (Å²) >= 11 is 0. The van der Waals surface area contributed by atoms with Gasteiger partial charge in [-0.15, -0.1) is 0 Å². The SMILES string of the molecule is COC1CCN(c2cc(N3CCN(C(=O)Cn4nc(-c5ccc(F)cc5)cc4-c4ccc(F)cc4)CC3)ncn2)CC1. The van der Waals surface area contributed by atoms with E-state index in [9.17, 15) is 13.6 Å². The maximum Gasteiger partial charge on any atom is 0.244 e. The van der Waals surface area contributed by atoms with Gasteiger partial charge in [0, 0.05) is 63.6 Å². The summed E-state index contributed by atoms with van der Waals surface area (Å²) in [6, 6.07) is 16.0. The van der Waals surface area contributed by atoms with Crippen LogP contribution < -0.4 is 9.80 Å². The Morgan fingerprint density at radius 2 is 1.38 bits per heavy atom. The molecule has 4 heterocycles. The Morgan fingerprint density at radius 1 is 0.810 bits per heavy atom. The standard InChI is InChI=1S/C31H33F2N7O2/c1-42-26-10-12-37(13-11-26)29-19-30(35-21-34-29)38-14-16-39(17-15-38)31(41)20-40-28(23-4-8-25(33)9-5-23)18-27(36-40)22-2-6-24(32)7-3-22/h2-9,18-19,21,26H,10-17,20H2,1H3. The fourth-order valence-corrected chi connectivity index (χ4v) is 5.57. The molecule has 0 bridgehead atoms. The summed E-state index contributed by atoms with van der Waals surface area (Å²) in [5.74, 6) is 1.03. The molecular formula is C31H33F2N7O2. The van der Waals surface area contributed by atoms with Crippen LogP contribution in [0.5, 0.6) is 0 Å². The molecular weight excluding hydrogens is 540 g/mol. The molecule has 2 aromatic heterocycles. The average Bonchev–Trinajstić information content (AvgIpc) is 3.45. The lowest BCUT2D eigenvalue weighted by atomic mass is 10.1. The molecule has 42 heavy (non-hydrogen) atoms. The van der Waals surface area contributed by atoms with Gasteiger partial charge in [0.1, 0.15) is 36.1 Å². The van der Waals surface area contributed by atoms with E-state index in [4.69, 9.17) is 4.74 Å². The first-order chi connectivity index (χ1) is 20.5. The van der Waals surface area contributed by atoms with Gasteiger partial charge in [-0.25, -0.2) is 18.7 Å². The van der Waals surface area contributed by atoms with Gasteiger partial charge in [-0.1, -0.05) is 0 Å². The Morgan fingerprint density at radius 3 is 1.98 bits per heavy atom. The van der Waals surface area contributed by atoms with E-state index < -0.39 is 0 Å². The van der Waals surface area contributed by atoms with Crippen molar-refractivity contribution in [3.63, 3.8) is 0 Å².